The second kappa shape index (κ2) is 69.6. The SMILES string of the molecule is CC/C=C\C/C=C\C/C=C\C/C=C\CCCCCCCCCCCCCCCCCCCCCCC(=O)OCC(COC(=O)CCCCCCC/C=C\CCCCCCC)OC(=O)CCCCCC/C=C\C/C=C\C/C=C\C/C=C\CC. The highest BCUT2D eigenvalue weighted by molar-refractivity contribution is 5.71. The molecule has 0 aromatic heterocycles. The summed E-state index contributed by atoms with van der Waals surface area (Å²) in [4.78, 5) is 38.4. The van der Waals surface area contributed by atoms with E-state index in [-0.39, 0.29) is 31.1 Å². The second-order valence-electron chi connectivity index (χ2n) is 23.0. The molecule has 0 aliphatic heterocycles. The van der Waals surface area contributed by atoms with Crippen LogP contribution < -0.4 is 0 Å². The van der Waals surface area contributed by atoms with Crippen molar-refractivity contribution in [2.75, 3.05) is 13.2 Å². The number of hydrogen-bond donors (Lipinski definition) is 0. The Bertz CT molecular complexity index is 1640. The van der Waals surface area contributed by atoms with E-state index in [2.05, 4.69) is 130 Å². The quantitative estimate of drug-likeness (QED) is 0.0261. The van der Waals surface area contributed by atoms with E-state index >= 15 is 0 Å². The van der Waals surface area contributed by atoms with E-state index in [0.717, 1.165) is 128 Å². The predicted molar refractivity (Wildman–Crippen MR) is 357 cm³/mol. The van der Waals surface area contributed by atoms with Gasteiger partial charge in [-0.2, -0.15) is 0 Å². The standard InChI is InChI=1S/C76H130O6/c1-4-7-10-13-16-19-22-25-28-30-31-32-33-34-35-36-37-38-39-40-41-42-43-44-45-47-48-51-54-57-60-63-66-69-75(78)81-72-73(71-80-74(77)68-65-62-59-56-53-50-27-24-21-18-15-12-9-6-3)82-76(79)70-67-64-61-58-55-52-49-46-29-26-23-20-17-14-11-8-5-2/h7-8,10-11,16-17,19-20,24-29,31-32,49,52,73H,4-6,9,12-15,18,21-23,30,33-48,50-51,53-72H2,1-3H3/b10-7-,11-8-,19-16-,20-17-,27-24-,28-25-,29-26-,32-31-,52-49-. The molecule has 0 heterocycles. The van der Waals surface area contributed by atoms with Gasteiger partial charge in [0.1, 0.15) is 13.2 Å². The van der Waals surface area contributed by atoms with Gasteiger partial charge in [-0.1, -0.05) is 304 Å². The average molecular weight is 1140 g/mol. The zero-order valence-electron chi connectivity index (χ0n) is 54.0. The van der Waals surface area contributed by atoms with Crippen LogP contribution in [0.5, 0.6) is 0 Å². The average Bonchev–Trinajstić information content (AvgIpc) is 3.47. The Morgan fingerprint density at radius 2 is 0.476 bits per heavy atom. The van der Waals surface area contributed by atoms with Crippen molar-refractivity contribution in [3.63, 3.8) is 0 Å². The molecular formula is C76H130O6. The molecule has 0 spiro atoms. The van der Waals surface area contributed by atoms with Crippen LogP contribution in [0, 0.1) is 0 Å². The van der Waals surface area contributed by atoms with Crippen LogP contribution in [0.15, 0.2) is 109 Å². The van der Waals surface area contributed by atoms with E-state index in [9.17, 15) is 14.4 Å². The number of carbonyl (C=O) groups is 3. The van der Waals surface area contributed by atoms with Gasteiger partial charge >= 0.3 is 17.9 Å². The molecule has 1 unspecified atom stereocenters. The molecular weight excluding hydrogens is 1010 g/mol. The minimum Gasteiger partial charge on any atom is -0.462 e. The second-order valence-corrected chi connectivity index (χ2v) is 23.0. The van der Waals surface area contributed by atoms with Crippen LogP contribution in [0.3, 0.4) is 0 Å². The zero-order chi connectivity index (χ0) is 59.2. The summed E-state index contributed by atoms with van der Waals surface area (Å²) in [6.45, 7) is 6.41. The summed E-state index contributed by atoms with van der Waals surface area (Å²) in [5.41, 5.74) is 0. The maximum absolute atomic E-state index is 12.9. The van der Waals surface area contributed by atoms with Gasteiger partial charge in [-0.3, -0.25) is 14.4 Å². The molecule has 0 aromatic carbocycles. The Hall–Kier alpha value is -3.93. The molecule has 0 saturated carbocycles. The normalized spacial score (nSPS) is 12.8. The van der Waals surface area contributed by atoms with Crippen molar-refractivity contribution in [2.24, 2.45) is 0 Å². The predicted octanol–water partition coefficient (Wildman–Crippen LogP) is 24.2. The van der Waals surface area contributed by atoms with Gasteiger partial charge in [0, 0.05) is 19.3 Å². The van der Waals surface area contributed by atoms with Crippen molar-refractivity contribution in [2.45, 2.75) is 341 Å². The fourth-order valence-electron chi connectivity index (χ4n) is 9.83. The molecule has 0 bridgehead atoms. The van der Waals surface area contributed by atoms with Gasteiger partial charge in [-0.05, 0) is 122 Å². The van der Waals surface area contributed by atoms with E-state index in [1.54, 1.807) is 0 Å². The first kappa shape index (κ1) is 78.1. The van der Waals surface area contributed by atoms with Crippen molar-refractivity contribution >= 4 is 17.9 Å². The van der Waals surface area contributed by atoms with Gasteiger partial charge in [-0.15, -0.1) is 0 Å². The first-order chi connectivity index (χ1) is 40.5. The van der Waals surface area contributed by atoms with Gasteiger partial charge in [0.15, 0.2) is 6.10 Å². The molecule has 0 N–H and O–H groups in total. The third-order valence-corrected chi connectivity index (χ3v) is 15.0. The summed E-state index contributed by atoms with van der Waals surface area (Å²) in [5.74, 6) is -0.908. The molecule has 6 nitrogen and oxygen atoms in total. The number of esters is 3. The number of allylic oxidation sites excluding steroid dienone is 18. The van der Waals surface area contributed by atoms with Gasteiger partial charge in [-0.25, -0.2) is 0 Å². The highest BCUT2D eigenvalue weighted by Gasteiger charge is 2.19. The van der Waals surface area contributed by atoms with Crippen molar-refractivity contribution in [1.82, 2.24) is 0 Å². The molecule has 0 aromatic rings. The number of ether oxygens (including phenoxy) is 3. The summed E-state index contributed by atoms with van der Waals surface area (Å²) in [5, 5.41) is 0. The molecule has 1 atom stereocenters. The molecule has 0 aliphatic rings. The Morgan fingerprint density at radius 1 is 0.256 bits per heavy atom. The van der Waals surface area contributed by atoms with Crippen LogP contribution in [0.1, 0.15) is 335 Å². The Labute approximate surface area is 508 Å². The van der Waals surface area contributed by atoms with Gasteiger partial charge in [0.2, 0.25) is 0 Å². The van der Waals surface area contributed by atoms with Crippen LogP contribution in [-0.4, -0.2) is 37.2 Å². The zero-order valence-corrected chi connectivity index (χ0v) is 54.0. The molecule has 0 saturated heterocycles. The number of rotatable bonds is 63. The minimum atomic E-state index is -0.795. The Balaban J connectivity index is 4.20. The van der Waals surface area contributed by atoms with Crippen molar-refractivity contribution in [3.05, 3.63) is 109 Å². The summed E-state index contributed by atoms with van der Waals surface area (Å²) in [6, 6.07) is 0. The van der Waals surface area contributed by atoms with Gasteiger partial charge in [0.05, 0.1) is 0 Å². The van der Waals surface area contributed by atoms with E-state index in [0.29, 0.717) is 19.3 Å². The van der Waals surface area contributed by atoms with Gasteiger partial charge < -0.3 is 14.2 Å². The Kier molecular flexibility index (Phi) is 66.2. The summed E-state index contributed by atoms with van der Waals surface area (Å²) >= 11 is 0. The third-order valence-electron chi connectivity index (χ3n) is 15.0. The molecule has 0 amide bonds. The van der Waals surface area contributed by atoms with Crippen LogP contribution in [0.2, 0.25) is 0 Å². The minimum absolute atomic E-state index is 0.0880. The van der Waals surface area contributed by atoms with E-state index in [1.165, 1.54) is 167 Å². The van der Waals surface area contributed by atoms with Crippen LogP contribution in [-0.2, 0) is 28.6 Å². The summed E-state index contributed by atoms with van der Waals surface area (Å²) in [6.07, 6.45) is 95.5. The van der Waals surface area contributed by atoms with Crippen molar-refractivity contribution in [3.8, 4) is 0 Å². The van der Waals surface area contributed by atoms with Crippen LogP contribution in [0.25, 0.3) is 0 Å². The number of hydrogen-bond acceptors (Lipinski definition) is 6. The summed E-state index contributed by atoms with van der Waals surface area (Å²) < 4.78 is 16.9. The smallest absolute Gasteiger partial charge is 0.306 e. The lowest BCUT2D eigenvalue weighted by Gasteiger charge is -2.18. The molecule has 0 aliphatic carbocycles. The van der Waals surface area contributed by atoms with Crippen LogP contribution >= 0.6 is 0 Å². The Morgan fingerprint density at radius 3 is 0.756 bits per heavy atom. The van der Waals surface area contributed by atoms with Crippen molar-refractivity contribution < 1.29 is 28.6 Å². The maximum atomic E-state index is 12.9. The van der Waals surface area contributed by atoms with Gasteiger partial charge in [0.25, 0.3) is 0 Å². The fourth-order valence-corrected chi connectivity index (χ4v) is 9.83. The molecule has 82 heavy (non-hydrogen) atoms. The first-order valence-electron chi connectivity index (χ1n) is 34.9. The molecule has 0 rings (SSSR count). The topological polar surface area (TPSA) is 78.9 Å². The lowest BCUT2D eigenvalue weighted by molar-refractivity contribution is -0.167. The monoisotopic (exact) mass is 1140 g/mol. The van der Waals surface area contributed by atoms with Crippen LogP contribution in [0.4, 0.5) is 0 Å². The molecule has 0 radical (unpaired) electrons. The highest BCUT2D eigenvalue weighted by atomic mass is 16.6. The van der Waals surface area contributed by atoms with E-state index in [4.69, 9.17) is 14.2 Å². The molecule has 6 heteroatoms. The first-order valence-corrected chi connectivity index (χ1v) is 34.9. The largest absolute Gasteiger partial charge is 0.462 e. The highest BCUT2D eigenvalue weighted by Crippen LogP contribution is 2.17. The number of unbranched alkanes of at least 4 members (excludes halogenated alkanes) is 34. The molecule has 0 fully saturated rings. The lowest BCUT2D eigenvalue weighted by Crippen LogP contribution is -2.30. The summed E-state index contributed by atoms with van der Waals surface area (Å²) in [7, 11) is 0. The fraction of sp³-hybridized carbons (Fsp3) is 0.724. The lowest BCUT2D eigenvalue weighted by atomic mass is 10.0. The molecule has 470 valence electrons. The van der Waals surface area contributed by atoms with E-state index < -0.39 is 6.10 Å². The number of carbonyl (C=O) groups excluding carboxylic acids is 3. The van der Waals surface area contributed by atoms with Crippen molar-refractivity contribution in [1.29, 1.82) is 0 Å². The van der Waals surface area contributed by atoms with E-state index in [1.807, 2.05) is 0 Å². The maximum Gasteiger partial charge on any atom is 0.306 e. The third kappa shape index (κ3) is 66.9.